The summed E-state index contributed by atoms with van der Waals surface area (Å²) in [6.45, 7) is 2.55. The van der Waals surface area contributed by atoms with E-state index < -0.39 is 5.97 Å². The van der Waals surface area contributed by atoms with Crippen LogP contribution in [0.1, 0.15) is 21.5 Å². The van der Waals surface area contributed by atoms with Crippen molar-refractivity contribution in [3.05, 3.63) is 53.3 Å². The average molecular weight is 271 g/mol. The van der Waals surface area contributed by atoms with Crippen molar-refractivity contribution < 1.29 is 9.53 Å². The molecule has 0 aliphatic heterocycles. The molecule has 5 nitrogen and oxygen atoms in total. The van der Waals surface area contributed by atoms with Gasteiger partial charge < -0.3 is 15.8 Å². The van der Waals surface area contributed by atoms with E-state index in [1.54, 1.807) is 30.6 Å². The Morgan fingerprint density at radius 2 is 2.20 bits per heavy atom. The molecule has 0 fully saturated rings. The predicted molar refractivity (Wildman–Crippen MR) is 78.5 cm³/mol. The molecule has 20 heavy (non-hydrogen) atoms. The third-order valence-corrected chi connectivity index (χ3v) is 3.09. The minimum absolute atomic E-state index is 0.411. The summed E-state index contributed by atoms with van der Waals surface area (Å²) in [6, 6.07) is 7.09. The quantitative estimate of drug-likeness (QED) is 0.659. The van der Waals surface area contributed by atoms with Crippen LogP contribution in [0.25, 0.3) is 0 Å². The summed E-state index contributed by atoms with van der Waals surface area (Å²) in [5.74, 6) is -0.411. The summed E-state index contributed by atoms with van der Waals surface area (Å²) < 4.78 is 4.76. The summed E-state index contributed by atoms with van der Waals surface area (Å²) in [6.07, 6.45) is 3.53. The number of para-hydroxylation sites is 1. The first kappa shape index (κ1) is 13.9. The van der Waals surface area contributed by atoms with E-state index in [2.05, 4.69) is 10.3 Å². The van der Waals surface area contributed by atoms with Gasteiger partial charge in [-0.3, -0.25) is 4.98 Å². The van der Waals surface area contributed by atoms with Crippen LogP contribution in [0.3, 0.4) is 0 Å². The number of pyridine rings is 1. The fourth-order valence-corrected chi connectivity index (χ4v) is 1.93. The summed E-state index contributed by atoms with van der Waals surface area (Å²) in [4.78, 5) is 15.8. The van der Waals surface area contributed by atoms with Gasteiger partial charge in [-0.05, 0) is 36.2 Å². The van der Waals surface area contributed by atoms with Crippen molar-refractivity contribution in [1.29, 1.82) is 0 Å². The Morgan fingerprint density at radius 1 is 1.40 bits per heavy atom. The number of nitrogens with one attached hydrogen (secondary N) is 1. The van der Waals surface area contributed by atoms with Crippen LogP contribution in [0.4, 0.5) is 11.4 Å². The highest BCUT2D eigenvalue weighted by Gasteiger charge is 2.14. The molecule has 0 aliphatic rings. The van der Waals surface area contributed by atoms with Crippen LogP contribution < -0.4 is 11.1 Å². The van der Waals surface area contributed by atoms with E-state index in [0.717, 1.165) is 11.1 Å². The van der Waals surface area contributed by atoms with Crippen molar-refractivity contribution in [2.75, 3.05) is 18.2 Å². The average Bonchev–Trinajstić information content (AvgIpc) is 2.46. The molecule has 5 heteroatoms. The van der Waals surface area contributed by atoms with Gasteiger partial charge in [-0.25, -0.2) is 4.79 Å². The third-order valence-electron chi connectivity index (χ3n) is 3.09. The molecule has 104 valence electrons. The van der Waals surface area contributed by atoms with Crippen LogP contribution in [0.5, 0.6) is 0 Å². The fraction of sp³-hybridized carbons (Fsp3) is 0.200. The Balaban J connectivity index is 2.25. The van der Waals surface area contributed by atoms with Gasteiger partial charge in [0.25, 0.3) is 0 Å². The van der Waals surface area contributed by atoms with Gasteiger partial charge in [-0.2, -0.15) is 0 Å². The van der Waals surface area contributed by atoms with E-state index in [4.69, 9.17) is 10.5 Å². The highest BCUT2D eigenvalue weighted by Crippen LogP contribution is 2.25. The number of aryl methyl sites for hydroxylation is 1. The minimum Gasteiger partial charge on any atom is -0.465 e. The molecule has 3 N–H and O–H groups in total. The molecule has 0 amide bonds. The molecule has 0 unspecified atom stereocenters. The molecule has 0 atom stereocenters. The van der Waals surface area contributed by atoms with E-state index in [1.807, 2.05) is 13.0 Å². The number of carbonyl (C=O) groups is 1. The second-order valence-corrected chi connectivity index (χ2v) is 4.42. The zero-order valence-corrected chi connectivity index (χ0v) is 11.5. The van der Waals surface area contributed by atoms with Crippen LogP contribution in [0.15, 0.2) is 36.7 Å². The van der Waals surface area contributed by atoms with Crippen molar-refractivity contribution in [1.82, 2.24) is 4.98 Å². The van der Waals surface area contributed by atoms with Crippen LogP contribution in [-0.4, -0.2) is 18.1 Å². The summed E-state index contributed by atoms with van der Waals surface area (Å²) >= 11 is 0. The van der Waals surface area contributed by atoms with Gasteiger partial charge in [0.1, 0.15) is 0 Å². The second-order valence-electron chi connectivity index (χ2n) is 4.42. The number of hydrogen-bond donors (Lipinski definition) is 2. The van der Waals surface area contributed by atoms with Crippen molar-refractivity contribution in [3.8, 4) is 0 Å². The predicted octanol–water partition coefficient (Wildman–Crippen LogP) is 2.37. The van der Waals surface area contributed by atoms with Gasteiger partial charge in [-0.1, -0.05) is 6.07 Å². The molecule has 0 radical (unpaired) electrons. The number of nitrogen functional groups attached to an aromatic ring is 1. The van der Waals surface area contributed by atoms with E-state index in [0.29, 0.717) is 23.5 Å². The molecule has 1 aromatic heterocycles. The Bertz CT molecular complexity index is 626. The Hall–Kier alpha value is -2.56. The molecular weight excluding hydrogens is 254 g/mol. The van der Waals surface area contributed by atoms with Crippen LogP contribution in [0.2, 0.25) is 0 Å². The lowest BCUT2D eigenvalue weighted by atomic mass is 10.1. The number of benzene rings is 1. The van der Waals surface area contributed by atoms with E-state index in [1.165, 1.54) is 7.11 Å². The number of aromatic nitrogens is 1. The Morgan fingerprint density at radius 3 is 2.90 bits per heavy atom. The highest BCUT2D eigenvalue weighted by atomic mass is 16.5. The number of carbonyl (C=O) groups excluding carboxylic acids is 1. The van der Waals surface area contributed by atoms with Gasteiger partial charge >= 0.3 is 5.97 Å². The van der Waals surface area contributed by atoms with Gasteiger partial charge in [0, 0.05) is 18.9 Å². The van der Waals surface area contributed by atoms with Crippen LogP contribution >= 0.6 is 0 Å². The van der Waals surface area contributed by atoms with Crippen molar-refractivity contribution in [2.45, 2.75) is 13.5 Å². The van der Waals surface area contributed by atoms with Crippen LogP contribution in [0, 0.1) is 6.92 Å². The maximum Gasteiger partial charge on any atom is 0.340 e. The lowest BCUT2D eigenvalue weighted by Crippen LogP contribution is -2.11. The zero-order valence-electron chi connectivity index (χ0n) is 11.5. The second kappa shape index (κ2) is 6.06. The molecular formula is C15H17N3O2. The van der Waals surface area contributed by atoms with Gasteiger partial charge in [0.2, 0.25) is 0 Å². The monoisotopic (exact) mass is 271 g/mol. The molecule has 0 bridgehead atoms. The highest BCUT2D eigenvalue weighted by molar-refractivity contribution is 5.98. The van der Waals surface area contributed by atoms with E-state index in [-0.39, 0.29) is 0 Å². The topological polar surface area (TPSA) is 77.2 Å². The Labute approximate surface area is 117 Å². The van der Waals surface area contributed by atoms with Crippen molar-refractivity contribution >= 4 is 17.3 Å². The maximum atomic E-state index is 11.7. The largest absolute Gasteiger partial charge is 0.465 e. The summed E-state index contributed by atoms with van der Waals surface area (Å²) in [5, 5.41) is 3.20. The molecule has 0 saturated heterocycles. The van der Waals surface area contributed by atoms with Crippen molar-refractivity contribution in [2.24, 2.45) is 0 Å². The van der Waals surface area contributed by atoms with E-state index >= 15 is 0 Å². The van der Waals surface area contributed by atoms with Gasteiger partial charge in [0.15, 0.2) is 0 Å². The third kappa shape index (κ3) is 2.88. The number of nitrogens with two attached hydrogens (primary N) is 1. The Kier molecular flexibility index (Phi) is 4.20. The number of esters is 1. The van der Waals surface area contributed by atoms with Crippen LogP contribution in [-0.2, 0) is 11.3 Å². The molecule has 2 aromatic rings. The first-order chi connectivity index (χ1) is 9.63. The molecule has 0 spiro atoms. The number of ether oxygens (including phenoxy) is 1. The van der Waals surface area contributed by atoms with Crippen molar-refractivity contribution in [3.63, 3.8) is 0 Å². The lowest BCUT2D eigenvalue weighted by Gasteiger charge is -2.14. The molecule has 0 aliphatic carbocycles. The smallest absolute Gasteiger partial charge is 0.340 e. The standard InChI is InChI=1S/C15H17N3O2/c1-10-8-17-7-6-11(10)9-18-14-12(15(19)20-2)4-3-5-13(14)16/h3-8,18H,9,16H2,1-2H3. The number of rotatable bonds is 4. The first-order valence-electron chi connectivity index (χ1n) is 6.23. The number of methoxy groups -OCH3 is 1. The molecule has 1 aromatic carbocycles. The van der Waals surface area contributed by atoms with Gasteiger partial charge in [-0.15, -0.1) is 0 Å². The maximum absolute atomic E-state index is 11.7. The molecule has 1 heterocycles. The molecule has 2 rings (SSSR count). The summed E-state index contributed by atoms with van der Waals surface area (Å²) in [7, 11) is 1.35. The number of hydrogen-bond acceptors (Lipinski definition) is 5. The number of anilines is 2. The first-order valence-corrected chi connectivity index (χ1v) is 6.23. The molecule has 0 saturated carbocycles. The lowest BCUT2D eigenvalue weighted by molar-refractivity contribution is 0.0602. The minimum atomic E-state index is -0.411. The zero-order chi connectivity index (χ0) is 14.5. The number of nitrogens with zero attached hydrogens (tertiary/aromatic N) is 1. The SMILES string of the molecule is COC(=O)c1cccc(N)c1NCc1ccncc1C. The normalized spacial score (nSPS) is 10.1. The van der Waals surface area contributed by atoms with Gasteiger partial charge in [0.05, 0.1) is 24.0 Å². The fourth-order valence-electron chi connectivity index (χ4n) is 1.93. The summed E-state index contributed by atoms with van der Waals surface area (Å²) in [5.41, 5.74) is 9.64. The van der Waals surface area contributed by atoms with E-state index in [9.17, 15) is 4.79 Å².